The maximum absolute atomic E-state index is 10.9. The molecule has 2 fully saturated rings. The van der Waals surface area contributed by atoms with Crippen molar-refractivity contribution in [2.45, 2.75) is 25.3 Å². The van der Waals surface area contributed by atoms with Crippen LogP contribution in [0.15, 0.2) is 0 Å². The smallest absolute Gasteiger partial charge is 0.308 e. The van der Waals surface area contributed by atoms with Crippen molar-refractivity contribution in [3.63, 3.8) is 0 Å². The fourth-order valence-corrected chi connectivity index (χ4v) is 3.06. The van der Waals surface area contributed by atoms with Gasteiger partial charge in [0.15, 0.2) is 0 Å². The highest BCUT2D eigenvalue weighted by Crippen LogP contribution is 2.48. The SMILES string of the molecule is CNC1C2CCC(C2)C1C(=O)O.Cl. The molecule has 0 amide bonds. The molecule has 4 heteroatoms. The molecule has 2 aliphatic carbocycles. The molecule has 3 nitrogen and oxygen atoms in total. The number of carbonyl (C=O) groups is 1. The summed E-state index contributed by atoms with van der Waals surface area (Å²) in [6.07, 6.45) is 3.47. The summed E-state index contributed by atoms with van der Waals surface area (Å²) in [7, 11) is 1.88. The predicted molar refractivity (Wildman–Crippen MR) is 52.1 cm³/mol. The highest BCUT2D eigenvalue weighted by molar-refractivity contribution is 5.85. The predicted octanol–water partition coefficient (Wildman–Crippen LogP) is 1.13. The van der Waals surface area contributed by atoms with E-state index in [-0.39, 0.29) is 24.4 Å². The molecule has 0 heterocycles. The molecule has 2 aliphatic rings. The summed E-state index contributed by atoms with van der Waals surface area (Å²) in [5, 5.41) is 12.1. The lowest BCUT2D eigenvalue weighted by molar-refractivity contribution is -0.144. The highest BCUT2D eigenvalue weighted by atomic mass is 35.5. The molecule has 4 atom stereocenters. The lowest BCUT2D eigenvalue weighted by Crippen LogP contribution is -2.42. The molecule has 76 valence electrons. The molecular formula is C9H16ClNO2. The molecule has 2 N–H and O–H groups in total. The van der Waals surface area contributed by atoms with E-state index in [1.807, 2.05) is 7.05 Å². The Morgan fingerprint density at radius 1 is 1.38 bits per heavy atom. The number of rotatable bonds is 2. The normalized spacial score (nSPS) is 41.6. The Morgan fingerprint density at radius 2 is 2.00 bits per heavy atom. The van der Waals surface area contributed by atoms with Gasteiger partial charge in [0.25, 0.3) is 0 Å². The Balaban J connectivity index is 0.000000845. The van der Waals surface area contributed by atoms with Gasteiger partial charge in [-0.15, -0.1) is 12.4 Å². The summed E-state index contributed by atoms with van der Waals surface area (Å²) in [5.41, 5.74) is 0. The van der Waals surface area contributed by atoms with Gasteiger partial charge in [-0.1, -0.05) is 0 Å². The van der Waals surface area contributed by atoms with Gasteiger partial charge in [-0.05, 0) is 38.1 Å². The number of nitrogens with one attached hydrogen (secondary N) is 1. The van der Waals surface area contributed by atoms with Crippen LogP contribution in [0.4, 0.5) is 0 Å². The Kier molecular flexibility index (Phi) is 3.19. The quantitative estimate of drug-likeness (QED) is 0.711. The van der Waals surface area contributed by atoms with Crippen LogP contribution in [-0.4, -0.2) is 24.2 Å². The molecule has 0 aromatic rings. The average molecular weight is 206 g/mol. The molecule has 0 saturated heterocycles. The van der Waals surface area contributed by atoms with E-state index < -0.39 is 5.97 Å². The van der Waals surface area contributed by atoms with Crippen LogP contribution in [0.2, 0.25) is 0 Å². The molecular weight excluding hydrogens is 190 g/mol. The topological polar surface area (TPSA) is 49.3 Å². The molecule has 4 unspecified atom stereocenters. The van der Waals surface area contributed by atoms with Crippen LogP contribution in [0, 0.1) is 17.8 Å². The molecule has 0 spiro atoms. The van der Waals surface area contributed by atoms with E-state index in [2.05, 4.69) is 5.32 Å². The number of hydrogen-bond acceptors (Lipinski definition) is 2. The lowest BCUT2D eigenvalue weighted by atomic mass is 9.84. The average Bonchev–Trinajstić information content (AvgIpc) is 2.60. The third-order valence-corrected chi connectivity index (χ3v) is 3.53. The first-order chi connectivity index (χ1) is 5.74. The van der Waals surface area contributed by atoms with Crippen LogP contribution in [-0.2, 0) is 4.79 Å². The van der Waals surface area contributed by atoms with Crippen molar-refractivity contribution in [1.82, 2.24) is 5.32 Å². The van der Waals surface area contributed by atoms with Gasteiger partial charge in [0, 0.05) is 6.04 Å². The summed E-state index contributed by atoms with van der Waals surface area (Å²) in [6.45, 7) is 0. The highest BCUT2D eigenvalue weighted by Gasteiger charge is 2.50. The molecule has 2 saturated carbocycles. The number of carboxylic acid groups (broad SMARTS) is 1. The van der Waals surface area contributed by atoms with Crippen molar-refractivity contribution in [1.29, 1.82) is 0 Å². The van der Waals surface area contributed by atoms with Crippen LogP contribution in [0.25, 0.3) is 0 Å². The fraction of sp³-hybridized carbons (Fsp3) is 0.889. The van der Waals surface area contributed by atoms with E-state index in [0.717, 1.165) is 12.8 Å². The zero-order valence-corrected chi connectivity index (χ0v) is 8.51. The van der Waals surface area contributed by atoms with Gasteiger partial charge in [-0.2, -0.15) is 0 Å². The summed E-state index contributed by atoms with van der Waals surface area (Å²) in [4.78, 5) is 10.9. The number of hydrogen-bond donors (Lipinski definition) is 2. The van der Waals surface area contributed by atoms with Crippen LogP contribution in [0.1, 0.15) is 19.3 Å². The van der Waals surface area contributed by atoms with Crippen LogP contribution in [0.3, 0.4) is 0 Å². The van der Waals surface area contributed by atoms with Crippen LogP contribution in [0.5, 0.6) is 0 Å². The van der Waals surface area contributed by atoms with E-state index in [9.17, 15) is 4.79 Å². The third-order valence-electron chi connectivity index (χ3n) is 3.53. The van der Waals surface area contributed by atoms with Crippen molar-refractivity contribution in [3.05, 3.63) is 0 Å². The van der Waals surface area contributed by atoms with Gasteiger partial charge in [0.2, 0.25) is 0 Å². The Labute approximate surface area is 84.3 Å². The maximum Gasteiger partial charge on any atom is 0.308 e. The van der Waals surface area contributed by atoms with Gasteiger partial charge in [-0.3, -0.25) is 4.79 Å². The van der Waals surface area contributed by atoms with E-state index in [4.69, 9.17) is 5.11 Å². The first-order valence-corrected chi connectivity index (χ1v) is 4.64. The maximum atomic E-state index is 10.9. The van der Waals surface area contributed by atoms with Crippen LogP contribution < -0.4 is 5.32 Å². The first kappa shape index (κ1) is 10.8. The van der Waals surface area contributed by atoms with Crippen molar-refractivity contribution < 1.29 is 9.90 Å². The van der Waals surface area contributed by atoms with Crippen molar-refractivity contribution in [3.8, 4) is 0 Å². The minimum absolute atomic E-state index is 0. The van der Waals surface area contributed by atoms with Crippen molar-refractivity contribution >= 4 is 18.4 Å². The van der Waals surface area contributed by atoms with E-state index in [0.29, 0.717) is 11.8 Å². The Hall–Kier alpha value is -0.280. The summed E-state index contributed by atoms with van der Waals surface area (Å²) < 4.78 is 0. The second kappa shape index (κ2) is 3.84. The van der Waals surface area contributed by atoms with Crippen molar-refractivity contribution in [2.24, 2.45) is 17.8 Å². The number of aliphatic carboxylic acids is 1. The number of halogens is 1. The summed E-state index contributed by atoms with van der Waals surface area (Å²) in [5.74, 6) is 0.348. The molecule has 2 bridgehead atoms. The van der Waals surface area contributed by atoms with Gasteiger partial charge in [-0.25, -0.2) is 0 Å². The minimum atomic E-state index is -0.610. The minimum Gasteiger partial charge on any atom is -0.481 e. The molecule has 0 aliphatic heterocycles. The van der Waals surface area contributed by atoms with E-state index in [1.165, 1.54) is 6.42 Å². The van der Waals surface area contributed by atoms with Gasteiger partial charge in [0.1, 0.15) is 0 Å². The first-order valence-electron chi connectivity index (χ1n) is 4.64. The van der Waals surface area contributed by atoms with Gasteiger partial charge < -0.3 is 10.4 Å². The monoisotopic (exact) mass is 205 g/mol. The third kappa shape index (κ3) is 1.55. The summed E-state index contributed by atoms with van der Waals surface area (Å²) in [6, 6.07) is 0.237. The fourth-order valence-electron chi connectivity index (χ4n) is 3.06. The van der Waals surface area contributed by atoms with Crippen LogP contribution >= 0.6 is 12.4 Å². The second-order valence-corrected chi connectivity index (χ2v) is 4.01. The lowest BCUT2D eigenvalue weighted by Gasteiger charge is -2.27. The van der Waals surface area contributed by atoms with E-state index in [1.54, 1.807) is 0 Å². The van der Waals surface area contributed by atoms with Gasteiger partial charge in [0.05, 0.1) is 5.92 Å². The number of carboxylic acids is 1. The number of fused-ring (bicyclic) bond motifs is 2. The Bertz CT molecular complexity index is 210. The molecule has 0 aromatic heterocycles. The van der Waals surface area contributed by atoms with Gasteiger partial charge >= 0.3 is 5.97 Å². The largest absolute Gasteiger partial charge is 0.481 e. The second-order valence-electron chi connectivity index (χ2n) is 4.01. The molecule has 0 radical (unpaired) electrons. The van der Waals surface area contributed by atoms with Crippen molar-refractivity contribution in [2.75, 3.05) is 7.05 Å². The zero-order valence-electron chi connectivity index (χ0n) is 7.69. The molecule has 0 aromatic carbocycles. The molecule has 2 rings (SSSR count). The zero-order chi connectivity index (χ0) is 8.72. The summed E-state index contributed by atoms with van der Waals surface area (Å²) >= 11 is 0. The molecule has 13 heavy (non-hydrogen) atoms. The Morgan fingerprint density at radius 3 is 2.46 bits per heavy atom. The van der Waals surface area contributed by atoms with E-state index >= 15 is 0 Å². The standard InChI is InChI=1S/C9H15NO2.ClH/c1-10-8-6-3-2-5(4-6)7(8)9(11)12;/h5-8,10H,2-4H2,1H3,(H,11,12);1H.